The van der Waals surface area contributed by atoms with Gasteiger partial charge in [0.2, 0.25) is 0 Å². The monoisotopic (exact) mass is 282 g/mol. The summed E-state index contributed by atoms with van der Waals surface area (Å²) in [7, 11) is -1.77. The summed E-state index contributed by atoms with van der Waals surface area (Å²) in [4.78, 5) is 14.8. The van der Waals surface area contributed by atoms with Crippen LogP contribution in [0, 0.1) is 0 Å². The number of aromatic nitrogens is 1. The first-order valence-electron chi connectivity index (χ1n) is 6.18. The molecular weight excluding hydrogens is 260 g/mol. The maximum Gasteiger partial charge on any atom is 0.410 e. The molecule has 0 aliphatic rings. The van der Waals surface area contributed by atoms with Crippen molar-refractivity contribution in [3.63, 3.8) is 0 Å². The van der Waals surface area contributed by atoms with Crippen molar-refractivity contribution in [2.24, 2.45) is 5.73 Å². The fourth-order valence-electron chi connectivity index (χ4n) is 1.14. The molecule has 0 aliphatic heterocycles. The van der Waals surface area contributed by atoms with E-state index in [0.29, 0.717) is 12.4 Å². The van der Waals surface area contributed by atoms with Crippen LogP contribution < -0.4 is 10.5 Å². The van der Waals surface area contributed by atoms with Crippen molar-refractivity contribution in [1.29, 1.82) is 0 Å². The van der Waals surface area contributed by atoms with Crippen LogP contribution in [-0.4, -0.2) is 19.4 Å². The van der Waals surface area contributed by atoms with Gasteiger partial charge < -0.3 is 14.9 Å². The van der Waals surface area contributed by atoms with E-state index < -0.39 is 14.4 Å². The van der Waals surface area contributed by atoms with Crippen LogP contribution >= 0.6 is 0 Å². The van der Waals surface area contributed by atoms with Gasteiger partial charge >= 0.3 is 6.09 Å². The van der Waals surface area contributed by atoms with Crippen LogP contribution in [0.2, 0.25) is 18.1 Å². The van der Waals surface area contributed by atoms with Crippen molar-refractivity contribution in [2.75, 3.05) is 0 Å². The number of nitrogens with two attached hydrogens (primary N) is 1. The Balaban J connectivity index is 2.62. The lowest BCUT2D eigenvalue weighted by molar-refractivity contribution is 0.210. The predicted molar refractivity (Wildman–Crippen MR) is 76.4 cm³/mol. The van der Waals surface area contributed by atoms with Gasteiger partial charge in [0.25, 0.3) is 0 Å². The Bertz CT molecular complexity index is 438. The van der Waals surface area contributed by atoms with Crippen LogP contribution in [0.4, 0.5) is 4.79 Å². The molecule has 0 radical (unpaired) electrons. The zero-order valence-electron chi connectivity index (χ0n) is 12.2. The van der Waals surface area contributed by atoms with Crippen molar-refractivity contribution in [3.8, 4) is 5.75 Å². The Morgan fingerprint density at radius 3 is 2.42 bits per heavy atom. The Labute approximate surface area is 115 Å². The van der Waals surface area contributed by atoms with E-state index in [2.05, 4.69) is 38.8 Å². The van der Waals surface area contributed by atoms with E-state index in [1.54, 1.807) is 12.1 Å². The molecular formula is C13H22N2O3Si. The molecule has 0 aliphatic carbocycles. The summed E-state index contributed by atoms with van der Waals surface area (Å²) >= 11 is 0. The number of carbonyl (C=O) groups excluding carboxylic acids is 1. The second kappa shape index (κ2) is 5.71. The van der Waals surface area contributed by atoms with Crippen LogP contribution in [0.1, 0.15) is 26.5 Å². The average molecular weight is 282 g/mol. The summed E-state index contributed by atoms with van der Waals surface area (Å²) in [5, 5.41) is 0.169. The Kier molecular flexibility index (Phi) is 4.70. The molecule has 5 nitrogen and oxygen atoms in total. The number of hydrogen-bond donors (Lipinski definition) is 1. The van der Waals surface area contributed by atoms with Crippen molar-refractivity contribution >= 4 is 14.4 Å². The SMILES string of the molecule is CC(C)(C)[Si](C)(C)OCc1ccc(OC(N)=O)cn1. The maximum absolute atomic E-state index is 10.6. The van der Waals surface area contributed by atoms with E-state index in [4.69, 9.17) is 14.9 Å². The fraction of sp³-hybridized carbons (Fsp3) is 0.538. The van der Waals surface area contributed by atoms with Gasteiger partial charge in [-0.1, -0.05) is 20.8 Å². The summed E-state index contributed by atoms with van der Waals surface area (Å²) in [6, 6.07) is 3.42. The van der Waals surface area contributed by atoms with Gasteiger partial charge in [0.15, 0.2) is 14.1 Å². The molecule has 0 atom stereocenters. The number of pyridine rings is 1. The minimum absolute atomic E-state index is 0.169. The molecule has 1 aromatic rings. The summed E-state index contributed by atoms with van der Waals surface area (Å²) in [6.45, 7) is 11.4. The van der Waals surface area contributed by atoms with E-state index in [1.165, 1.54) is 6.20 Å². The molecule has 0 saturated carbocycles. The molecule has 0 fully saturated rings. The van der Waals surface area contributed by atoms with Gasteiger partial charge in [0.1, 0.15) is 0 Å². The zero-order valence-corrected chi connectivity index (χ0v) is 13.2. The average Bonchev–Trinajstić information content (AvgIpc) is 2.26. The van der Waals surface area contributed by atoms with Gasteiger partial charge in [0, 0.05) is 0 Å². The van der Waals surface area contributed by atoms with Gasteiger partial charge in [-0.15, -0.1) is 0 Å². The molecule has 0 aromatic carbocycles. The third-order valence-electron chi connectivity index (χ3n) is 3.40. The summed E-state index contributed by atoms with van der Waals surface area (Å²) in [6.07, 6.45) is 0.627. The van der Waals surface area contributed by atoms with E-state index in [1.807, 2.05) is 0 Å². The van der Waals surface area contributed by atoms with Crippen LogP contribution in [0.5, 0.6) is 5.75 Å². The highest BCUT2D eigenvalue weighted by atomic mass is 28.4. The maximum atomic E-state index is 10.6. The molecule has 1 aromatic heterocycles. The number of carbonyl (C=O) groups is 1. The predicted octanol–water partition coefficient (Wildman–Crippen LogP) is 3.06. The fourth-order valence-corrected chi connectivity index (χ4v) is 2.09. The minimum Gasteiger partial charge on any atom is -0.411 e. The molecule has 106 valence electrons. The molecule has 19 heavy (non-hydrogen) atoms. The van der Waals surface area contributed by atoms with E-state index in [9.17, 15) is 4.79 Å². The van der Waals surface area contributed by atoms with Gasteiger partial charge in [-0.3, -0.25) is 4.98 Å². The Morgan fingerprint density at radius 1 is 1.37 bits per heavy atom. The van der Waals surface area contributed by atoms with Crippen molar-refractivity contribution in [2.45, 2.75) is 45.5 Å². The van der Waals surface area contributed by atoms with Crippen molar-refractivity contribution in [1.82, 2.24) is 4.98 Å². The van der Waals surface area contributed by atoms with E-state index in [0.717, 1.165) is 5.69 Å². The standard InChI is InChI=1S/C13H22N2O3Si/c1-13(2,3)19(4,5)17-9-10-6-7-11(8-15-10)18-12(14)16/h6-8H,9H2,1-5H3,(H2,14,16). The topological polar surface area (TPSA) is 74.4 Å². The Morgan fingerprint density at radius 2 is 2.00 bits per heavy atom. The molecule has 6 heteroatoms. The molecule has 0 bridgehead atoms. The Hall–Kier alpha value is -1.40. The molecule has 0 spiro atoms. The quantitative estimate of drug-likeness (QED) is 0.861. The van der Waals surface area contributed by atoms with Crippen LogP contribution in [0.3, 0.4) is 0 Å². The van der Waals surface area contributed by atoms with Gasteiger partial charge in [0.05, 0.1) is 18.5 Å². The van der Waals surface area contributed by atoms with Crippen LogP contribution in [0.25, 0.3) is 0 Å². The molecule has 2 N–H and O–H groups in total. The number of rotatable bonds is 4. The zero-order chi connectivity index (χ0) is 14.7. The van der Waals surface area contributed by atoms with Crippen LogP contribution in [-0.2, 0) is 11.0 Å². The number of primary amides is 1. The lowest BCUT2D eigenvalue weighted by Crippen LogP contribution is -2.40. The molecule has 1 rings (SSSR count). The molecule has 1 heterocycles. The number of ether oxygens (including phenoxy) is 1. The third-order valence-corrected chi connectivity index (χ3v) is 7.88. The first-order valence-corrected chi connectivity index (χ1v) is 9.09. The number of nitrogens with zero attached hydrogens (tertiary/aromatic N) is 1. The highest BCUT2D eigenvalue weighted by molar-refractivity contribution is 6.74. The van der Waals surface area contributed by atoms with Crippen molar-refractivity contribution in [3.05, 3.63) is 24.0 Å². The molecule has 0 saturated heterocycles. The van der Waals surface area contributed by atoms with Gasteiger partial charge in [-0.05, 0) is 30.3 Å². The normalized spacial score (nSPS) is 12.3. The number of amides is 1. The largest absolute Gasteiger partial charge is 0.411 e. The second-order valence-electron chi connectivity index (χ2n) is 5.96. The van der Waals surface area contributed by atoms with Crippen molar-refractivity contribution < 1.29 is 14.0 Å². The first kappa shape index (κ1) is 15.7. The smallest absolute Gasteiger partial charge is 0.410 e. The van der Waals surface area contributed by atoms with Gasteiger partial charge in [-0.25, -0.2) is 4.79 Å². The van der Waals surface area contributed by atoms with E-state index >= 15 is 0 Å². The van der Waals surface area contributed by atoms with Gasteiger partial charge in [-0.2, -0.15) is 0 Å². The first-order chi connectivity index (χ1) is 8.62. The highest BCUT2D eigenvalue weighted by Crippen LogP contribution is 2.36. The molecule has 0 unspecified atom stereocenters. The molecule has 1 amide bonds. The van der Waals surface area contributed by atoms with Crippen LogP contribution in [0.15, 0.2) is 18.3 Å². The van der Waals surface area contributed by atoms with E-state index in [-0.39, 0.29) is 5.04 Å². The number of hydrogen-bond acceptors (Lipinski definition) is 4. The lowest BCUT2D eigenvalue weighted by atomic mass is 10.2. The summed E-state index contributed by atoms with van der Waals surface area (Å²) in [5.74, 6) is 0.337. The highest BCUT2D eigenvalue weighted by Gasteiger charge is 2.37. The lowest BCUT2D eigenvalue weighted by Gasteiger charge is -2.36. The summed E-state index contributed by atoms with van der Waals surface area (Å²) in [5.41, 5.74) is 5.73. The second-order valence-corrected chi connectivity index (χ2v) is 10.8. The minimum atomic E-state index is -1.77. The summed E-state index contributed by atoms with van der Waals surface area (Å²) < 4.78 is 10.8. The third kappa shape index (κ3) is 4.64.